The molecule has 0 aliphatic carbocycles. The Labute approximate surface area is 370 Å². The van der Waals surface area contributed by atoms with Gasteiger partial charge in [-0.15, -0.1) is 0 Å². The normalized spacial score (nSPS) is 13.0. The molecule has 0 bridgehead atoms. The highest BCUT2D eigenvalue weighted by Gasteiger charge is 2.43. The summed E-state index contributed by atoms with van der Waals surface area (Å²) >= 11 is 0. The predicted molar refractivity (Wildman–Crippen MR) is 249 cm³/mol. The topological polar surface area (TPSA) is 35.0 Å². The number of alkyl halides is 6. The predicted octanol–water partition coefficient (Wildman–Crippen LogP) is 16.4. The zero-order chi connectivity index (χ0) is 46.6. The average Bonchev–Trinajstić information content (AvgIpc) is 3.18. The molecule has 0 fully saturated rings. The van der Waals surface area contributed by atoms with Gasteiger partial charge in [0.05, 0.1) is 30.6 Å². The SMILES string of the molecule is CC(C)c1cccc(C(C)C)c1-c1ccnc(-c2cc(Oc3cc(-c4cc(-c5c(C(F)(F)F)cc([Si](C)(C)C)cc5C(F)(F)F)ccn4)cc(C(C)(C)C)c3)cc(C(C)(C)C)c2)c1. The van der Waals surface area contributed by atoms with E-state index < -0.39 is 42.5 Å². The van der Waals surface area contributed by atoms with Gasteiger partial charge in [0.25, 0.3) is 0 Å². The van der Waals surface area contributed by atoms with Crippen molar-refractivity contribution in [2.24, 2.45) is 0 Å². The van der Waals surface area contributed by atoms with E-state index in [1.54, 1.807) is 25.7 Å². The van der Waals surface area contributed by atoms with Crippen LogP contribution in [-0.2, 0) is 23.2 Å². The molecule has 0 saturated carbocycles. The summed E-state index contributed by atoms with van der Waals surface area (Å²) in [5.41, 5.74) is 4.48. The van der Waals surface area contributed by atoms with E-state index in [2.05, 4.69) is 89.8 Å². The summed E-state index contributed by atoms with van der Waals surface area (Å²) in [4.78, 5) is 9.34. The molecule has 6 rings (SSSR count). The molecule has 0 saturated heterocycles. The molecule has 2 heterocycles. The number of hydrogen-bond donors (Lipinski definition) is 0. The van der Waals surface area contributed by atoms with Crippen LogP contribution in [-0.4, -0.2) is 18.0 Å². The fourth-order valence-electron chi connectivity index (χ4n) is 7.82. The second-order valence-electron chi connectivity index (χ2n) is 20.3. The molecule has 63 heavy (non-hydrogen) atoms. The van der Waals surface area contributed by atoms with E-state index in [1.165, 1.54) is 35.0 Å². The largest absolute Gasteiger partial charge is 0.457 e. The molecular formula is C53H58F6N2OSi. The van der Waals surface area contributed by atoms with E-state index in [0.29, 0.717) is 28.9 Å². The van der Waals surface area contributed by atoms with Crippen molar-refractivity contribution in [1.82, 2.24) is 9.97 Å². The number of rotatable bonds is 9. The van der Waals surface area contributed by atoms with E-state index >= 15 is 0 Å². The van der Waals surface area contributed by atoms with Gasteiger partial charge in [0.1, 0.15) is 11.5 Å². The molecule has 6 aromatic rings. The number of halogens is 6. The molecule has 0 spiro atoms. The van der Waals surface area contributed by atoms with E-state index in [4.69, 9.17) is 9.72 Å². The van der Waals surface area contributed by atoms with Gasteiger partial charge in [0, 0.05) is 29.1 Å². The Morgan fingerprint density at radius 3 is 1.24 bits per heavy atom. The third-order valence-electron chi connectivity index (χ3n) is 11.5. The molecule has 2 aromatic heterocycles. The fourth-order valence-corrected chi connectivity index (χ4v) is 8.97. The quantitative estimate of drug-likeness (QED) is 0.107. The van der Waals surface area contributed by atoms with Crippen LogP contribution in [0.15, 0.2) is 103 Å². The first-order valence-corrected chi connectivity index (χ1v) is 24.9. The molecular weight excluding hydrogens is 823 g/mol. The first-order chi connectivity index (χ1) is 29.0. The standard InChI is InChI=1S/C53H58F6N2OSi/c1-31(2)42-15-14-16-43(32(3)4)48(42)33-17-19-60-46(25-33)35-21-37(50(5,6)7)27-39(23-35)62-40-24-36(22-38(28-40)51(8,9)10)47-26-34(18-20-61-47)49-44(52(54,55)56)29-41(63(11,12)13)30-45(49)53(57,58)59/h14-32H,1-13H3. The third-order valence-corrected chi connectivity index (χ3v) is 13.5. The van der Waals surface area contributed by atoms with Crippen molar-refractivity contribution in [3.8, 4) is 56.3 Å². The number of hydrogen-bond acceptors (Lipinski definition) is 3. The van der Waals surface area contributed by atoms with Crippen LogP contribution < -0.4 is 9.92 Å². The maximum atomic E-state index is 14.8. The molecule has 0 amide bonds. The lowest BCUT2D eigenvalue weighted by molar-refractivity contribution is -0.141. The average molecular weight is 881 g/mol. The van der Waals surface area contributed by atoms with Crippen molar-refractivity contribution in [3.05, 3.63) is 137 Å². The first kappa shape index (κ1) is 47.3. The van der Waals surface area contributed by atoms with Gasteiger partial charge in [-0.2, -0.15) is 26.3 Å². The zero-order valence-corrected chi connectivity index (χ0v) is 39.5. The highest BCUT2D eigenvalue weighted by molar-refractivity contribution is 6.88. The van der Waals surface area contributed by atoms with Crippen LogP contribution in [0.4, 0.5) is 26.3 Å². The van der Waals surface area contributed by atoms with Crippen LogP contribution in [0.25, 0.3) is 44.8 Å². The summed E-state index contributed by atoms with van der Waals surface area (Å²) in [5.74, 6) is 1.59. The number of ether oxygens (including phenoxy) is 1. The highest BCUT2D eigenvalue weighted by Crippen LogP contribution is 2.46. The van der Waals surface area contributed by atoms with Gasteiger partial charge in [0.2, 0.25) is 0 Å². The summed E-state index contributed by atoms with van der Waals surface area (Å²) in [6.07, 6.45) is -7.00. The molecule has 4 aromatic carbocycles. The van der Waals surface area contributed by atoms with Crippen molar-refractivity contribution in [2.45, 2.75) is 124 Å². The van der Waals surface area contributed by atoms with Crippen molar-refractivity contribution in [2.75, 3.05) is 0 Å². The number of benzene rings is 4. The Bertz CT molecular complexity index is 2580. The van der Waals surface area contributed by atoms with Gasteiger partial charge in [0.15, 0.2) is 0 Å². The van der Waals surface area contributed by atoms with Gasteiger partial charge in [-0.3, -0.25) is 9.97 Å². The second kappa shape index (κ2) is 17.1. The molecule has 332 valence electrons. The summed E-state index contributed by atoms with van der Waals surface area (Å²) < 4.78 is 95.4. The van der Waals surface area contributed by atoms with Gasteiger partial charge in [-0.1, -0.05) is 124 Å². The Morgan fingerprint density at radius 1 is 0.492 bits per heavy atom. The van der Waals surface area contributed by atoms with Crippen LogP contribution in [0.2, 0.25) is 19.6 Å². The summed E-state index contributed by atoms with van der Waals surface area (Å²) in [6.45, 7) is 26.4. The molecule has 0 aliphatic rings. The fraction of sp³-hybridized carbons (Fsp3) is 0.358. The minimum Gasteiger partial charge on any atom is -0.457 e. The molecule has 0 unspecified atom stereocenters. The van der Waals surface area contributed by atoms with Crippen LogP contribution in [0, 0.1) is 0 Å². The second-order valence-corrected chi connectivity index (χ2v) is 25.3. The number of aromatic nitrogens is 2. The lowest BCUT2D eigenvalue weighted by atomic mass is 9.84. The van der Waals surface area contributed by atoms with Crippen molar-refractivity contribution >= 4 is 13.3 Å². The van der Waals surface area contributed by atoms with Gasteiger partial charge < -0.3 is 4.74 Å². The van der Waals surface area contributed by atoms with Crippen molar-refractivity contribution in [3.63, 3.8) is 0 Å². The molecule has 0 N–H and O–H groups in total. The molecule has 0 atom stereocenters. The first-order valence-electron chi connectivity index (χ1n) is 21.4. The Hall–Kier alpha value is -5.22. The molecule has 10 heteroatoms. The van der Waals surface area contributed by atoms with Crippen LogP contribution in [0.5, 0.6) is 11.5 Å². The Morgan fingerprint density at radius 2 is 0.889 bits per heavy atom. The summed E-state index contributed by atoms with van der Waals surface area (Å²) in [5, 5.41) is 0.0683. The van der Waals surface area contributed by atoms with E-state index in [-0.39, 0.29) is 21.9 Å². The van der Waals surface area contributed by atoms with Crippen LogP contribution in [0.1, 0.15) is 114 Å². The van der Waals surface area contributed by atoms with Crippen molar-refractivity contribution in [1.29, 1.82) is 0 Å². The van der Waals surface area contributed by atoms with Crippen molar-refractivity contribution < 1.29 is 31.1 Å². The maximum Gasteiger partial charge on any atom is 0.417 e. The van der Waals surface area contributed by atoms with Gasteiger partial charge in [-0.25, -0.2) is 0 Å². The lowest BCUT2D eigenvalue weighted by Gasteiger charge is -2.25. The van der Waals surface area contributed by atoms with Crippen LogP contribution >= 0.6 is 0 Å². The Kier molecular flexibility index (Phi) is 12.8. The smallest absolute Gasteiger partial charge is 0.417 e. The molecule has 0 radical (unpaired) electrons. The lowest BCUT2D eigenvalue weighted by Crippen LogP contribution is -2.39. The minimum absolute atomic E-state index is 0.0683. The van der Waals surface area contributed by atoms with Gasteiger partial charge >= 0.3 is 12.4 Å². The van der Waals surface area contributed by atoms with E-state index in [1.807, 2.05) is 51.2 Å². The zero-order valence-electron chi connectivity index (χ0n) is 38.5. The number of pyridine rings is 2. The summed E-state index contributed by atoms with van der Waals surface area (Å²) in [7, 11) is -2.60. The monoisotopic (exact) mass is 880 g/mol. The summed E-state index contributed by atoms with van der Waals surface area (Å²) in [6, 6.07) is 26.5. The van der Waals surface area contributed by atoms with Crippen LogP contribution in [0.3, 0.4) is 0 Å². The Balaban J connectivity index is 1.50. The van der Waals surface area contributed by atoms with E-state index in [9.17, 15) is 26.3 Å². The molecule has 0 aliphatic heterocycles. The maximum absolute atomic E-state index is 14.8. The number of nitrogens with zero attached hydrogens (tertiary/aromatic N) is 2. The highest BCUT2D eigenvalue weighted by atomic mass is 28.3. The van der Waals surface area contributed by atoms with E-state index in [0.717, 1.165) is 40.1 Å². The molecule has 3 nitrogen and oxygen atoms in total. The third kappa shape index (κ3) is 10.6. The van der Waals surface area contributed by atoms with Gasteiger partial charge in [-0.05, 0) is 122 Å². The minimum atomic E-state index is -5.05.